The molecular formula is C29H36FN3O8. The monoisotopic (exact) mass is 573 g/mol. The summed E-state index contributed by atoms with van der Waals surface area (Å²) in [6.07, 6.45) is 2.18. The van der Waals surface area contributed by atoms with Crippen molar-refractivity contribution in [1.82, 2.24) is 9.80 Å². The van der Waals surface area contributed by atoms with Gasteiger partial charge in [0.15, 0.2) is 34.7 Å². The third kappa shape index (κ3) is 4.52. The standard InChI is InChI=1S/C29H36FN3O8/c1-32(2)23-17-10-14-9-16-20(18(35)11-15(22(16)30)12-33-6-3-13(4-7-33)5-8-34)24(36)19(14)26(38)29(17,41)27(39)21(25(23)37)28(31)40/h11,13-14,17,19,21,23,34-35,41H,3-10,12H2,1-2H3,(H2,31,40)/t14-,17-,19?,21?,23-,29-/m0/s1. The maximum atomic E-state index is 16.0. The Morgan fingerprint density at radius 2 is 1.83 bits per heavy atom. The van der Waals surface area contributed by atoms with Gasteiger partial charge in [-0.1, -0.05) is 0 Å². The molecule has 6 atom stereocenters. The van der Waals surface area contributed by atoms with Gasteiger partial charge < -0.3 is 21.1 Å². The van der Waals surface area contributed by atoms with Crippen LogP contribution >= 0.6 is 0 Å². The third-order valence-electron chi connectivity index (χ3n) is 9.71. The number of piperidine rings is 1. The van der Waals surface area contributed by atoms with E-state index in [0.717, 1.165) is 19.3 Å². The van der Waals surface area contributed by atoms with Crippen LogP contribution in [-0.2, 0) is 32.1 Å². The van der Waals surface area contributed by atoms with E-state index in [2.05, 4.69) is 0 Å². The Labute approximate surface area is 236 Å². The molecule has 3 aliphatic carbocycles. The normalized spacial score (nSPS) is 32.6. The molecule has 1 amide bonds. The number of carbonyl (C=O) groups is 5. The first-order chi connectivity index (χ1) is 19.3. The molecule has 0 bridgehead atoms. The molecule has 0 radical (unpaired) electrons. The van der Waals surface area contributed by atoms with Gasteiger partial charge in [-0.25, -0.2) is 4.39 Å². The zero-order valence-electron chi connectivity index (χ0n) is 23.1. The molecule has 11 nitrogen and oxygen atoms in total. The molecule has 222 valence electrons. The number of benzene rings is 1. The Bertz CT molecular complexity index is 1320. The van der Waals surface area contributed by atoms with E-state index in [0.29, 0.717) is 19.0 Å². The number of aliphatic hydroxyl groups excluding tert-OH is 1. The fraction of sp³-hybridized carbons (Fsp3) is 0.621. The van der Waals surface area contributed by atoms with E-state index in [-0.39, 0.29) is 42.7 Å². The first kappa shape index (κ1) is 29.4. The van der Waals surface area contributed by atoms with E-state index < -0.39 is 75.9 Å². The van der Waals surface area contributed by atoms with Crippen molar-refractivity contribution in [2.24, 2.45) is 35.3 Å². The van der Waals surface area contributed by atoms with Crippen molar-refractivity contribution in [3.05, 3.63) is 28.6 Å². The molecule has 1 heterocycles. The molecule has 1 aliphatic heterocycles. The number of hydrogen-bond donors (Lipinski definition) is 4. The fourth-order valence-electron chi connectivity index (χ4n) is 7.68. The number of likely N-dealkylation sites (tertiary alicyclic amines) is 1. The molecule has 1 aromatic carbocycles. The van der Waals surface area contributed by atoms with Crippen LogP contribution < -0.4 is 5.73 Å². The van der Waals surface area contributed by atoms with Crippen LogP contribution in [0.5, 0.6) is 5.75 Å². The molecule has 4 aliphatic rings. The van der Waals surface area contributed by atoms with Gasteiger partial charge in [-0.15, -0.1) is 0 Å². The van der Waals surface area contributed by atoms with Gasteiger partial charge in [0.1, 0.15) is 11.6 Å². The first-order valence-electron chi connectivity index (χ1n) is 14.0. The SMILES string of the molecule is CN(C)[C@@H]1C(=O)C(C(N)=O)C(=O)[C@@]2(O)C(=O)C3C(=O)c4c(O)cc(CN5CCC(CCO)CC5)c(F)c4C[C@H]3C[C@@H]12. The molecule has 2 unspecified atom stereocenters. The van der Waals surface area contributed by atoms with Crippen LogP contribution in [0.3, 0.4) is 0 Å². The lowest BCUT2D eigenvalue weighted by Gasteiger charge is -2.52. The number of amides is 1. The lowest BCUT2D eigenvalue weighted by molar-refractivity contribution is -0.181. The van der Waals surface area contributed by atoms with Gasteiger partial charge in [-0.3, -0.25) is 33.8 Å². The molecule has 1 saturated heterocycles. The van der Waals surface area contributed by atoms with Crippen molar-refractivity contribution < 1.29 is 43.7 Å². The predicted octanol–water partition coefficient (Wildman–Crippen LogP) is -0.399. The number of hydrogen-bond acceptors (Lipinski definition) is 10. The van der Waals surface area contributed by atoms with E-state index in [9.17, 15) is 39.3 Å². The summed E-state index contributed by atoms with van der Waals surface area (Å²) in [5.41, 5.74) is 2.35. The van der Waals surface area contributed by atoms with Crippen molar-refractivity contribution in [1.29, 1.82) is 0 Å². The number of likely N-dealkylation sites (N-methyl/N-ethyl adjacent to an activating group) is 1. The lowest BCUT2D eigenvalue weighted by Crippen LogP contribution is -2.74. The van der Waals surface area contributed by atoms with E-state index in [1.54, 1.807) is 0 Å². The molecule has 0 spiro atoms. The van der Waals surface area contributed by atoms with Crippen LogP contribution in [0.4, 0.5) is 4.39 Å². The second kappa shape index (κ2) is 10.6. The minimum atomic E-state index is -2.81. The first-order valence-corrected chi connectivity index (χ1v) is 14.0. The minimum Gasteiger partial charge on any atom is -0.507 e. The molecular weight excluding hydrogens is 537 g/mol. The third-order valence-corrected chi connectivity index (χ3v) is 9.71. The van der Waals surface area contributed by atoms with Crippen LogP contribution in [0.2, 0.25) is 0 Å². The van der Waals surface area contributed by atoms with E-state index in [4.69, 9.17) is 5.73 Å². The number of aromatic hydroxyl groups is 1. The molecule has 2 saturated carbocycles. The number of nitrogens with two attached hydrogens (primary N) is 1. The number of rotatable bonds is 6. The summed E-state index contributed by atoms with van der Waals surface area (Å²) in [6, 6.07) is -0.0259. The number of aliphatic hydroxyl groups is 2. The molecule has 1 aromatic rings. The molecule has 5 rings (SSSR count). The van der Waals surface area contributed by atoms with Gasteiger partial charge in [0, 0.05) is 30.2 Å². The topological polar surface area (TPSA) is 179 Å². The smallest absolute Gasteiger partial charge is 0.235 e. The molecule has 41 heavy (non-hydrogen) atoms. The van der Waals surface area contributed by atoms with Crippen LogP contribution in [0.25, 0.3) is 0 Å². The molecule has 3 fully saturated rings. The van der Waals surface area contributed by atoms with Crippen molar-refractivity contribution in [3.63, 3.8) is 0 Å². The van der Waals surface area contributed by atoms with Gasteiger partial charge in [0.05, 0.1) is 17.5 Å². The maximum absolute atomic E-state index is 16.0. The van der Waals surface area contributed by atoms with Crippen LogP contribution in [0.15, 0.2) is 6.07 Å². The fourth-order valence-corrected chi connectivity index (χ4v) is 7.68. The van der Waals surface area contributed by atoms with Gasteiger partial charge in [0.25, 0.3) is 0 Å². The van der Waals surface area contributed by atoms with Crippen LogP contribution in [0.1, 0.15) is 47.2 Å². The zero-order chi connectivity index (χ0) is 30.0. The molecule has 12 heteroatoms. The number of nitrogens with zero attached hydrogens (tertiary/aromatic N) is 2. The highest BCUT2D eigenvalue weighted by Gasteiger charge is 2.69. The molecule has 0 aromatic heterocycles. The van der Waals surface area contributed by atoms with E-state index in [1.165, 1.54) is 25.1 Å². The number of fused-ring (bicyclic) bond motifs is 3. The summed E-state index contributed by atoms with van der Waals surface area (Å²) in [5.74, 6) is -11.9. The second-order valence-electron chi connectivity index (χ2n) is 12.2. The Morgan fingerprint density at radius 3 is 2.41 bits per heavy atom. The van der Waals surface area contributed by atoms with Crippen LogP contribution in [-0.4, -0.2) is 99.6 Å². The number of phenolic OH excluding ortho intramolecular Hbond substituents is 1. The highest BCUT2D eigenvalue weighted by molar-refractivity contribution is 6.32. The van der Waals surface area contributed by atoms with Crippen molar-refractivity contribution in [2.45, 2.75) is 50.3 Å². The van der Waals surface area contributed by atoms with Gasteiger partial charge in [-0.05, 0) is 77.2 Å². The minimum absolute atomic E-state index is 0.0236. The molecule has 5 N–H and O–H groups in total. The number of halogens is 1. The largest absolute Gasteiger partial charge is 0.507 e. The van der Waals surface area contributed by atoms with Crippen LogP contribution in [0, 0.1) is 35.4 Å². The number of carbonyl (C=O) groups excluding carboxylic acids is 5. The Morgan fingerprint density at radius 1 is 1.17 bits per heavy atom. The summed E-state index contributed by atoms with van der Waals surface area (Å²) in [4.78, 5) is 69.5. The van der Waals surface area contributed by atoms with Gasteiger partial charge >= 0.3 is 0 Å². The van der Waals surface area contributed by atoms with E-state index in [1.807, 2.05) is 4.90 Å². The highest BCUT2D eigenvalue weighted by atomic mass is 19.1. The number of primary amides is 1. The van der Waals surface area contributed by atoms with Gasteiger partial charge in [-0.2, -0.15) is 0 Å². The lowest BCUT2D eigenvalue weighted by atomic mass is 9.52. The quantitative estimate of drug-likeness (QED) is 0.327. The highest BCUT2D eigenvalue weighted by Crippen LogP contribution is 2.51. The number of phenols is 1. The van der Waals surface area contributed by atoms with E-state index >= 15 is 4.39 Å². The average Bonchev–Trinajstić information content (AvgIpc) is 2.90. The number of ketones is 4. The van der Waals surface area contributed by atoms with Gasteiger partial charge in [0.2, 0.25) is 5.91 Å². The zero-order valence-corrected chi connectivity index (χ0v) is 23.1. The summed E-state index contributed by atoms with van der Waals surface area (Å²) < 4.78 is 16.0. The average molecular weight is 574 g/mol. The van der Waals surface area contributed by atoms with Crippen molar-refractivity contribution in [2.75, 3.05) is 33.8 Å². The maximum Gasteiger partial charge on any atom is 0.235 e. The Hall–Kier alpha value is -3.06. The predicted molar refractivity (Wildman–Crippen MR) is 141 cm³/mol. The summed E-state index contributed by atoms with van der Waals surface area (Å²) >= 11 is 0. The Kier molecular flexibility index (Phi) is 7.64. The van der Waals surface area contributed by atoms with Crippen molar-refractivity contribution in [3.8, 4) is 5.75 Å². The Balaban J connectivity index is 1.49. The second-order valence-corrected chi connectivity index (χ2v) is 12.2. The summed E-state index contributed by atoms with van der Waals surface area (Å²) in [6.45, 7) is 1.72. The number of Topliss-reactive ketones (excluding diaryl/α,β-unsaturated/α-hetero) is 4. The summed E-state index contributed by atoms with van der Waals surface area (Å²) in [5, 5.41) is 31.7. The summed E-state index contributed by atoms with van der Waals surface area (Å²) in [7, 11) is 3.01. The van der Waals surface area contributed by atoms with Crippen molar-refractivity contribution >= 4 is 29.0 Å².